The summed E-state index contributed by atoms with van der Waals surface area (Å²) in [5, 5.41) is 5.67. The lowest BCUT2D eigenvalue weighted by atomic mass is 10.0. The number of carbonyl (C=O) groups is 1. The van der Waals surface area contributed by atoms with Gasteiger partial charge in [0.05, 0.1) is 20.8 Å². The third-order valence-electron chi connectivity index (χ3n) is 3.84. The van der Waals surface area contributed by atoms with Gasteiger partial charge in [0, 0.05) is 5.69 Å². The van der Waals surface area contributed by atoms with E-state index in [1.165, 1.54) is 0 Å². The number of amides is 2. The molecule has 0 bridgehead atoms. The molecule has 0 aliphatic carbocycles. The Balaban J connectivity index is 1.85. The Morgan fingerprint density at radius 3 is 2.42 bits per heavy atom. The minimum absolute atomic E-state index is 0.265. The summed E-state index contributed by atoms with van der Waals surface area (Å²) in [6.07, 6.45) is 0. The van der Waals surface area contributed by atoms with Crippen molar-refractivity contribution in [3.05, 3.63) is 48.0 Å². The van der Waals surface area contributed by atoms with E-state index in [2.05, 4.69) is 24.5 Å². The minimum atomic E-state index is -0.265. The summed E-state index contributed by atoms with van der Waals surface area (Å²) >= 11 is 0. The highest BCUT2D eigenvalue weighted by atomic mass is 16.5. The van der Waals surface area contributed by atoms with Crippen molar-refractivity contribution >= 4 is 11.7 Å². The number of methoxy groups -OCH3 is 2. The molecule has 0 heterocycles. The Morgan fingerprint density at radius 1 is 1.00 bits per heavy atom. The van der Waals surface area contributed by atoms with Crippen LogP contribution < -0.4 is 24.8 Å². The van der Waals surface area contributed by atoms with Crippen molar-refractivity contribution in [2.24, 2.45) is 0 Å². The average molecular weight is 358 g/mol. The minimum Gasteiger partial charge on any atom is -0.493 e. The maximum atomic E-state index is 12.1. The van der Waals surface area contributed by atoms with Gasteiger partial charge in [-0.15, -0.1) is 0 Å². The van der Waals surface area contributed by atoms with Crippen LogP contribution in [0.2, 0.25) is 0 Å². The SMILES string of the molecule is COc1cccc(OCCNC(=O)Nc2ccccc2C(C)C)c1OC. The van der Waals surface area contributed by atoms with Gasteiger partial charge in [0.2, 0.25) is 5.75 Å². The molecule has 2 aromatic rings. The summed E-state index contributed by atoms with van der Waals surface area (Å²) in [6, 6.07) is 12.9. The van der Waals surface area contributed by atoms with Gasteiger partial charge in [0.25, 0.3) is 0 Å². The number of ether oxygens (including phenoxy) is 3. The molecule has 6 heteroatoms. The van der Waals surface area contributed by atoms with Crippen LogP contribution in [-0.2, 0) is 0 Å². The molecule has 0 unspecified atom stereocenters. The number of hydrogen-bond donors (Lipinski definition) is 2. The molecular formula is C20H26N2O4. The quantitative estimate of drug-likeness (QED) is 0.699. The first-order chi connectivity index (χ1) is 12.6. The Bertz CT molecular complexity index is 732. The predicted molar refractivity (Wildman–Crippen MR) is 103 cm³/mol. The van der Waals surface area contributed by atoms with Gasteiger partial charge in [0.15, 0.2) is 11.5 Å². The van der Waals surface area contributed by atoms with Crippen molar-refractivity contribution in [3.63, 3.8) is 0 Å². The number of nitrogens with one attached hydrogen (secondary N) is 2. The van der Waals surface area contributed by atoms with Gasteiger partial charge in [-0.25, -0.2) is 4.79 Å². The molecule has 140 valence electrons. The zero-order valence-electron chi connectivity index (χ0n) is 15.7. The van der Waals surface area contributed by atoms with E-state index in [9.17, 15) is 4.79 Å². The fraction of sp³-hybridized carbons (Fsp3) is 0.350. The summed E-state index contributed by atoms with van der Waals surface area (Å²) in [5.74, 6) is 2.03. The topological polar surface area (TPSA) is 68.8 Å². The second-order valence-corrected chi connectivity index (χ2v) is 5.96. The van der Waals surface area contributed by atoms with E-state index in [0.29, 0.717) is 36.3 Å². The van der Waals surface area contributed by atoms with E-state index in [4.69, 9.17) is 14.2 Å². The van der Waals surface area contributed by atoms with Gasteiger partial charge in [0.1, 0.15) is 6.61 Å². The zero-order valence-corrected chi connectivity index (χ0v) is 15.7. The van der Waals surface area contributed by atoms with E-state index in [1.54, 1.807) is 26.4 Å². The zero-order chi connectivity index (χ0) is 18.9. The van der Waals surface area contributed by atoms with Crippen LogP contribution in [0.15, 0.2) is 42.5 Å². The van der Waals surface area contributed by atoms with Crippen LogP contribution in [0.5, 0.6) is 17.2 Å². The molecule has 0 aliphatic heterocycles. The van der Waals surface area contributed by atoms with Crippen molar-refractivity contribution in [1.29, 1.82) is 0 Å². The van der Waals surface area contributed by atoms with E-state index >= 15 is 0 Å². The van der Waals surface area contributed by atoms with Crippen LogP contribution >= 0.6 is 0 Å². The lowest BCUT2D eigenvalue weighted by Crippen LogP contribution is -2.32. The van der Waals surface area contributed by atoms with Gasteiger partial charge >= 0.3 is 6.03 Å². The molecule has 0 atom stereocenters. The van der Waals surface area contributed by atoms with E-state index < -0.39 is 0 Å². The van der Waals surface area contributed by atoms with Gasteiger partial charge in [-0.1, -0.05) is 38.1 Å². The van der Waals surface area contributed by atoms with Crippen molar-refractivity contribution < 1.29 is 19.0 Å². The Hall–Kier alpha value is -2.89. The highest BCUT2D eigenvalue weighted by Gasteiger charge is 2.11. The van der Waals surface area contributed by atoms with Crippen LogP contribution in [0.4, 0.5) is 10.5 Å². The number of carbonyl (C=O) groups excluding carboxylic acids is 1. The van der Waals surface area contributed by atoms with Crippen LogP contribution in [0.1, 0.15) is 25.3 Å². The second-order valence-electron chi connectivity index (χ2n) is 5.96. The number of urea groups is 1. The maximum absolute atomic E-state index is 12.1. The molecule has 2 N–H and O–H groups in total. The third-order valence-corrected chi connectivity index (χ3v) is 3.84. The summed E-state index contributed by atoms with van der Waals surface area (Å²) in [4.78, 5) is 12.1. The lowest BCUT2D eigenvalue weighted by Gasteiger charge is -2.15. The highest BCUT2D eigenvalue weighted by Crippen LogP contribution is 2.36. The van der Waals surface area contributed by atoms with Crippen molar-refractivity contribution in [3.8, 4) is 17.2 Å². The fourth-order valence-electron chi connectivity index (χ4n) is 2.58. The van der Waals surface area contributed by atoms with Gasteiger partial charge in [-0.05, 0) is 29.7 Å². The van der Waals surface area contributed by atoms with Crippen LogP contribution in [-0.4, -0.2) is 33.4 Å². The Morgan fingerprint density at radius 2 is 1.73 bits per heavy atom. The number of para-hydroxylation sites is 2. The lowest BCUT2D eigenvalue weighted by molar-refractivity contribution is 0.245. The summed E-state index contributed by atoms with van der Waals surface area (Å²) in [6.45, 7) is 4.85. The molecule has 0 radical (unpaired) electrons. The molecule has 2 aromatic carbocycles. The number of hydrogen-bond acceptors (Lipinski definition) is 4. The van der Waals surface area contributed by atoms with E-state index in [0.717, 1.165) is 11.3 Å². The molecule has 0 fully saturated rings. The normalized spacial score (nSPS) is 10.3. The molecule has 6 nitrogen and oxygen atoms in total. The molecule has 0 saturated carbocycles. The Kier molecular flexibility index (Phi) is 7.14. The summed E-state index contributed by atoms with van der Waals surface area (Å²) in [5.41, 5.74) is 1.91. The summed E-state index contributed by atoms with van der Waals surface area (Å²) in [7, 11) is 3.13. The van der Waals surface area contributed by atoms with Gasteiger partial charge in [-0.2, -0.15) is 0 Å². The van der Waals surface area contributed by atoms with E-state index in [-0.39, 0.29) is 6.03 Å². The first kappa shape index (κ1) is 19.4. The molecule has 0 aliphatic rings. The van der Waals surface area contributed by atoms with Crippen LogP contribution in [0, 0.1) is 0 Å². The molecule has 2 amide bonds. The predicted octanol–water partition coefficient (Wildman–Crippen LogP) is 4.03. The smallest absolute Gasteiger partial charge is 0.319 e. The summed E-state index contributed by atoms with van der Waals surface area (Å²) < 4.78 is 16.2. The van der Waals surface area contributed by atoms with Crippen LogP contribution in [0.25, 0.3) is 0 Å². The van der Waals surface area contributed by atoms with Crippen molar-refractivity contribution in [1.82, 2.24) is 5.32 Å². The van der Waals surface area contributed by atoms with Crippen molar-refractivity contribution in [2.75, 3.05) is 32.7 Å². The van der Waals surface area contributed by atoms with Gasteiger partial charge < -0.3 is 24.8 Å². The van der Waals surface area contributed by atoms with Gasteiger partial charge in [-0.3, -0.25) is 0 Å². The first-order valence-corrected chi connectivity index (χ1v) is 8.54. The standard InChI is InChI=1S/C20H26N2O4/c1-14(2)15-8-5-6-9-16(15)22-20(23)21-12-13-26-18-11-7-10-17(24-3)19(18)25-4/h5-11,14H,12-13H2,1-4H3,(H2,21,22,23). The maximum Gasteiger partial charge on any atom is 0.319 e. The highest BCUT2D eigenvalue weighted by molar-refractivity contribution is 5.90. The van der Waals surface area contributed by atoms with Crippen LogP contribution in [0.3, 0.4) is 0 Å². The monoisotopic (exact) mass is 358 g/mol. The average Bonchev–Trinajstić information content (AvgIpc) is 2.65. The third kappa shape index (κ3) is 5.05. The second kappa shape index (κ2) is 9.56. The number of benzene rings is 2. The fourth-order valence-corrected chi connectivity index (χ4v) is 2.58. The molecular weight excluding hydrogens is 332 g/mol. The van der Waals surface area contributed by atoms with E-state index in [1.807, 2.05) is 30.3 Å². The largest absolute Gasteiger partial charge is 0.493 e. The molecule has 2 rings (SSSR count). The first-order valence-electron chi connectivity index (χ1n) is 8.54. The Labute approximate surface area is 154 Å². The number of rotatable bonds is 8. The number of anilines is 1. The molecule has 0 saturated heterocycles. The molecule has 0 aromatic heterocycles. The van der Waals surface area contributed by atoms with Crippen molar-refractivity contribution in [2.45, 2.75) is 19.8 Å². The molecule has 26 heavy (non-hydrogen) atoms. The molecule has 0 spiro atoms.